The molecule has 1 saturated carbocycles. The summed E-state index contributed by atoms with van der Waals surface area (Å²) in [6.45, 7) is 2.82. The fourth-order valence-corrected chi connectivity index (χ4v) is 3.27. The summed E-state index contributed by atoms with van der Waals surface area (Å²) in [5, 5.41) is 3.11. The van der Waals surface area contributed by atoms with Gasteiger partial charge in [0, 0.05) is 12.6 Å². The predicted octanol–water partition coefficient (Wildman–Crippen LogP) is 1.72. The van der Waals surface area contributed by atoms with Crippen LogP contribution < -0.4 is 11.1 Å². The van der Waals surface area contributed by atoms with Gasteiger partial charge in [-0.15, -0.1) is 0 Å². The molecule has 0 bridgehead atoms. The first-order valence-electron chi connectivity index (χ1n) is 7.35. The summed E-state index contributed by atoms with van der Waals surface area (Å²) in [6, 6.07) is -0.0929. The van der Waals surface area contributed by atoms with Crippen molar-refractivity contribution >= 4 is 5.91 Å². The highest BCUT2D eigenvalue weighted by Crippen LogP contribution is 2.39. The van der Waals surface area contributed by atoms with Gasteiger partial charge in [-0.05, 0) is 32.1 Å². The molecule has 0 aromatic carbocycles. The molecule has 2 unspecified atom stereocenters. The van der Waals surface area contributed by atoms with Crippen molar-refractivity contribution in [3.8, 4) is 0 Å². The Labute approximate surface area is 110 Å². The van der Waals surface area contributed by atoms with E-state index < -0.39 is 0 Å². The van der Waals surface area contributed by atoms with Crippen LogP contribution in [0.1, 0.15) is 58.3 Å². The van der Waals surface area contributed by atoms with E-state index in [1.165, 1.54) is 12.8 Å². The zero-order valence-corrected chi connectivity index (χ0v) is 11.4. The Morgan fingerprint density at radius 3 is 2.89 bits per heavy atom. The Balaban J connectivity index is 1.84. The van der Waals surface area contributed by atoms with Crippen LogP contribution in [0.5, 0.6) is 0 Å². The largest absolute Gasteiger partial charge is 0.375 e. The van der Waals surface area contributed by atoms with Crippen molar-refractivity contribution < 1.29 is 9.53 Å². The third-order valence-electron chi connectivity index (χ3n) is 4.29. The monoisotopic (exact) mass is 254 g/mol. The maximum Gasteiger partial charge on any atom is 0.237 e. The predicted molar refractivity (Wildman–Crippen MR) is 71.2 cm³/mol. The number of nitrogens with two attached hydrogens (primary N) is 1. The number of nitrogens with one attached hydrogen (secondary N) is 1. The van der Waals surface area contributed by atoms with Crippen LogP contribution in [0, 0.1) is 0 Å². The molecule has 1 amide bonds. The zero-order chi connectivity index (χ0) is 13.0. The molecule has 18 heavy (non-hydrogen) atoms. The molecular formula is C14H26N2O2. The van der Waals surface area contributed by atoms with Gasteiger partial charge in [0.1, 0.15) is 0 Å². The van der Waals surface area contributed by atoms with Crippen molar-refractivity contribution in [3.05, 3.63) is 0 Å². The summed E-state index contributed by atoms with van der Waals surface area (Å²) in [6.07, 6.45) is 8.43. The molecule has 104 valence electrons. The van der Waals surface area contributed by atoms with E-state index in [4.69, 9.17) is 10.5 Å². The zero-order valence-electron chi connectivity index (χ0n) is 11.4. The van der Waals surface area contributed by atoms with Gasteiger partial charge < -0.3 is 15.8 Å². The topological polar surface area (TPSA) is 64.4 Å². The molecule has 3 N–H and O–H groups in total. The molecule has 4 heteroatoms. The highest BCUT2D eigenvalue weighted by atomic mass is 16.5. The quantitative estimate of drug-likeness (QED) is 0.803. The molecule has 1 heterocycles. The SMILES string of the molecule is CCCC(N)C(=O)NC1CCOC2(CCCC2)C1. The lowest BCUT2D eigenvalue weighted by Gasteiger charge is -2.38. The minimum Gasteiger partial charge on any atom is -0.375 e. The lowest BCUT2D eigenvalue weighted by Crippen LogP contribution is -2.51. The minimum absolute atomic E-state index is 0.0110. The Morgan fingerprint density at radius 2 is 2.22 bits per heavy atom. The van der Waals surface area contributed by atoms with Crippen LogP contribution in [-0.4, -0.2) is 30.2 Å². The van der Waals surface area contributed by atoms with Gasteiger partial charge >= 0.3 is 0 Å². The number of rotatable bonds is 4. The highest BCUT2D eigenvalue weighted by Gasteiger charge is 2.40. The number of ether oxygens (including phenoxy) is 1. The molecule has 2 rings (SSSR count). The third-order valence-corrected chi connectivity index (χ3v) is 4.29. The summed E-state index contributed by atoms with van der Waals surface area (Å²) in [5.41, 5.74) is 5.91. The van der Waals surface area contributed by atoms with Crippen molar-refractivity contribution in [1.82, 2.24) is 5.32 Å². The molecule has 1 aliphatic carbocycles. The number of amides is 1. The fourth-order valence-electron chi connectivity index (χ4n) is 3.27. The molecule has 0 radical (unpaired) electrons. The van der Waals surface area contributed by atoms with Gasteiger partial charge in [-0.3, -0.25) is 4.79 Å². The average Bonchev–Trinajstić information content (AvgIpc) is 2.77. The van der Waals surface area contributed by atoms with Crippen LogP contribution >= 0.6 is 0 Å². The smallest absolute Gasteiger partial charge is 0.237 e. The van der Waals surface area contributed by atoms with E-state index >= 15 is 0 Å². The minimum atomic E-state index is -0.350. The van der Waals surface area contributed by atoms with Gasteiger partial charge in [0.25, 0.3) is 0 Å². The van der Waals surface area contributed by atoms with Gasteiger partial charge in [-0.1, -0.05) is 26.2 Å². The standard InChI is InChI=1S/C14H26N2O2/c1-2-5-12(15)13(17)16-11-6-9-18-14(10-11)7-3-4-8-14/h11-12H,2-10,15H2,1H3,(H,16,17). The Kier molecular flexibility index (Phi) is 4.62. The van der Waals surface area contributed by atoms with Crippen molar-refractivity contribution in [3.63, 3.8) is 0 Å². The number of hydrogen-bond donors (Lipinski definition) is 2. The first-order chi connectivity index (χ1) is 8.65. The summed E-state index contributed by atoms with van der Waals surface area (Å²) in [7, 11) is 0. The maximum absolute atomic E-state index is 11.9. The van der Waals surface area contributed by atoms with Gasteiger partial charge in [-0.25, -0.2) is 0 Å². The van der Waals surface area contributed by atoms with Crippen molar-refractivity contribution in [1.29, 1.82) is 0 Å². The van der Waals surface area contributed by atoms with Gasteiger partial charge in [0.05, 0.1) is 11.6 Å². The average molecular weight is 254 g/mol. The van der Waals surface area contributed by atoms with Crippen molar-refractivity contribution in [2.45, 2.75) is 76.0 Å². The highest BCUT2D eigenvalue weighted by molar-refractivity contribution is 5.81. The summed E-state index contributed by atoms with van der Waals surface area (Å²) in [5.74, 6) is 0.0110. The van der Waals surface area contributed by atoms with Crippen molar-refractivity contribution in [2.75, 3.05) is 6.61 Å². The number of hydrogen-bond acceptors (Lipinski definition) is 3. The molecule has 1 saturated heterocycles. The summed E-state index contributed by atoms with van der Waals surface area (Å²) >= 11 is 0. The van der Waals surface area contributed by atoms with Crippen LogP contribution in [0.4, 0.5) is 0 Å². The second-order valence-electron chi connectivity index (χ2n) is 5.83. The van der Waals surface area contributed by atoms with Crippen LogP contribution in [0.3, 0.4) is 0 Å². The van der Waals surface area contributed by atoms with E-state index in [9.17, 15) is 4.79 Å². The molecule has 2 aliphatic rings. The molecule has 2 atom stereocenters. The van der Waals surface area contributed by atoms with Crippen molar-refractivity contribution in [2.24, 2.45) is 5.73 Å². The van der Waals surface area contributed by atoms with Crippen LogP contribution in [0.2, 0.25) is 0 Å². The van der Waals surface area contributed by atoms with E-state index in [1.807, 2.05) is 0 Å². The second kappa shape index (κ2) is 6.02. The number of carbonyl (C=O) groups is 1. The van der Waals surface area contributed by atoms with Gasteiger partial charge in [0.15, 0.2) is 0 Å². The van der Waals surface area contributed by atoms with E-state index in [0.29, 0.717) is 0 Å². The van der Waals surface area contributed by atoms with E-state index in [1.54, 1.807) is 0 Å². The van der Waals surface area contributed by atoms with Gasteiger partial charge in [0.2, 0.25) is 5.91 Å². The summed E-state index contributed by atoms with van der Waals surface area (Å²) < 4.78 is 5.96. The Bertz CT molecular complexity index is 288. The van der Waals surface area contributed by atoms with E-state index in [-0.39, 0.29) is 23.6 Å². The Hall–Kier alpha value is -0.610. The maximum atomic E-state index is 11.9. The first-order valence-corrected chi connectivity index (χ1v) is 7.35. The second-order valence-corrected chi connectivity index (χ2v) is 5.83. The first kappa shape index (κ1) is 13.8. The lowest BCUT2D eigenvalue weighted by molar-refractivity contribution is -0.126. The normalized spacial score (nSPS) is 28.2. The molecule has 0 aromatic heterocycles. The molecule has 1 spiro atoms. The molecule has 1 aliphatic heterocycles. The van der Waals surface area contributed by atoms with Gasteiger partial charge in [-0.2, -0.15) is 0 Å². The van der Waals surface area contributed by atoms with Crippen LogP contribution in [-0.2, 0) is 9.53 Å². The van der Waals surface area contributed by atoms with E-state index in [2.05, 4.69) is 12.2 Å². The van der Waals surface area contributed by atoms with Crippen LogP contribution in [0.15, 0.2) is 0 Å². The number of carbonyl (C=O) groups excluding carboxylic acids is 1. The molecule has 2 fully saturated rings. The molecule has 0 aromatic rings. The van der Waals surface area contributed by atoms with Crippen LogP contribution in [0.25, 0.3) is 0 Å². The summed E-state index contributed by atoms with van der Waals surface area (Å²) in [4.78, 5) is 11.9. The molecule has 4 nitrogen and oxygen atoms in total. The fraction of sp³-hybridized carbons (Fsp3) is 0.929. The van der Waals surface area contributed by atoms with E-state index in [0.717, 1.165) is 45.1 Å². The Morgan fingerprint density at radius 1 is 1.50 bits per heavy atom. The lowest BCUT2D eigenvalue weighted by atomic mass is 9.89. The molecular weight excluding hydrogens is 228 g/mol. The third kappa shape index (κ3) is 3.23.